The third kappa shape index (κ3) is 2.93. The molecule has 0 spiro atoms. The molecule has 1 aromatic carbocycles. The van der Waals surface area contributed by atoms with Gasteiger partial charge in [-0.25, -0.2) is 9.97 Å². The van der Waals surface area contributed by atoms with E-state index in [4.69, 9.17) is 0 Å². The molecule has 3 aromatic rings. The molecule has 1 aliphatic rings. The summed E-state index contributed by atoms with van der Waals surface area (Å²) in [5.41, 5.74) is 0.931. The van der Waals surface area contributed by atoms with E-state index in [0.717, 1.165) is 18.6 Å². The zero-order chi connectivity index (χ0) is 20.1. The molecule has 0 saturated carbocycles. The lowest BCUT2D eigenvalue weighted by molar-refractivity contribution is -0.137. The molecule has 1 atom stereocenters. The van der Waals surface area contributed by atoms with Crippen molar-refractivity contribution in [2.24, 2.45) is 7.05 Å². The van der Waals surface area contributed by atoms with E-state index in [2.05, 4.69) is 9.97 Å². The van der Waals surface area contributed by atoms with Crippen molar-refractivity contribution >= 4 is 17.1 Å². The summed E-state index contributed by atoms with van der Waals surface area (Å²) in [5.74, 6) is -0.233. The number of hydrogen-bond acceptors (Lipinski definition) is 3. The Morgan fingerprint density at radius 2 is 1.86 bits per heavy atom. The first kappa shape index (κ1) is 18.5. The number of rotatable bonds is 2. The lowest BCUT2D eigenvalue weighted by Crippen LogP contribution is -2.43. The molecule has 1 unspecified atom stereocenters. The summed E-state index contributed by atoms with van der Waals surface area (Å²) in [6.45, 7) is 2.42. The number of nitrogens with zero attached hydrogens (tertiary/aromatic N) is 4. The summed E-state index contributed by atoms with van der Waals surface area (Å²) in [6.07, 6.45) is -1.30. The third-order valence-corrected chi connectivity index (χ3v) is 5.50. The van der Waals surface area contributed by atoms with Crippen molar-refractivity contribution in [2.45, 2.75) is 31.5 Å². The van der Waals surface area contributed by atoms with E-state index in [1.54, 1.807) is 35.0 Å². The predicted molar refractivity (Wildman–Crippen MR) is 97.6 cm³/mol. The van der Waals surface area contributed by atoms with E-state index in [-0.39, 0.29) is 5.91 Å². The van der Waals surface area contributed by atoms with Gasteiger partial charge in [-0.3, -0.25) is 4.79 Å². The highest BCUT2D eigenvalue weighted by molar-refractivity contribution is 5.94. The first-order valence-electron chi connectivity index (χ1n) is 8.98. The molecular formula is C20H19F3N4O. The Balaban J connectivity index is 1.68. The molecule has 0 aliphatic carbocycles. The number of aryl methyl sites for hydroxylation is 1. The van der Waals surface area contributed by atoms with Gasteiger partial charge in [0.05, 0.1) is 17.4 Å². The molecule has 4 rings (SSSR count). The van der Waals surface area contributed by atoms with Crippen molar-refractivity contribution in [2.75, 3.05) is 6.54 Å². The van der Waals surface area contributed by atoms with Gasteiger partial charge in [0.2, 0.25) is 0 Å². The number of carbonyl (C=O) groups is 1. The maximum atomic E-state index is 13.2. The quantitative estimate of drug-likeness (QED) is 0.663. The third-order valence-electron chi connectivity index (χ3n) is 5.50. The Hall–Kier alpha value is -2.90. The van der Waals surface area contributed by atoms with Crippen LogP contribution in [-0.2, 0) is 18.8 Å². The Morgan fingerprint density at radius 1 is 1.14 bits per heavy atom. The molecule has 1 amide bonds. The fourth-order valence-electron chi connectivity index (χ4n) is 3.87. The summed E-state index contributed by atoms with van der Waals surface area (Å²) in [6, 6.07) is 8.46. The molecule has 146 valence electrons. The van der Waals surface area contributed by atoms with Gasteiger partial charge in [0.25, 0.3) is 5.91 Å². The Bertz CT molecular complexity index is 1040. The van der Waals surface area contributed by atoms with Crippen molar-refractivity contribution in [1.82, 2.24) is 19.4 Å². The average molecular weight is 388 g/mol. The molecule has 8 heteroatoms. The van der Waals surface area contributed by atoms with E-state index in [1.165, 1.54) is 12.1 Å². The molecule has 1 aliphatic heterocycles. The maximum Gasteiger partial charge on any atom is 0.416 e. The number of halogens is 3. The predicted octanol–water partition coefficient (Wildman–Crippen LogP) is 4.14. The van der Waals surface area contributed by atoms with E-state index in [9.17, 15) is 18.0 Å². The fraction of sp³-hybridized carbons (Fsp3) is 0.350. The number of hydrogen-bond donors (Lipinski definition) is 0. The molecule has 0 bridgehead atoms. The minimum atomic E-state index is -4.38. The summed E-state index contributed by atoms with van der Waals surface area (Å²) in [5, 5.41) is 0. The van der Waals surface area contributed by atoms with Gasteiger partial charge < -0.3 is 9.47 Å². The van der Waals surface area contributed by atoms with Crippen LogP contribution in [0, 0.1) is 0 Å². The highest BCUT2D eigenvalue weighted by Gasteiger charge is 2.42. The van der Waals surface area contributed by atoms with Crippen molar-refractivity contribution in [3.8, 4) is 0 Å². The van der Waals surface area contributed by atoms with Crippen molar-refractivity contribution < 1.29 is 18.0 Å². The van der Waals surface area contributed by atoms with E-state index >= 15 is 0 Å². The second-order valence-electron chi connectivity index (χ2n) is 7.30. The second-order valence-corrected chi connectivity index (χ2v) is 7.30. The van der Waals surface area contributed by atoms with Crippen molar-refractivity contribution in [3.63, 3.8) is 0 Å². The van der Waals surface area contributed by atoms with Gasteiger partial charge in [-0.05, 0) is 49.6 Å². The summed E-state index contributed by atoms with van der Waals surface area (Å²) in [4.78, 5) is 23.6. The number of pyridine rings is 1. The van der Waals surface area contributed by atoms with Crippen LogP contribution in [0.25, 0.3) is 11.2 Å². The number of aromatic nitrogens is 3. The number of alkyl halides is 3. The molecule has 3 heterocycles. The number of fused-ring (bicyclic) bond motifs is 1. The standard InChI is InChI=1S/C20H19F3N4O/c1-19(13-4-6-14(7-5-13)20(21,22)23)10-3-11-27(19)18(28)16-9-8-15-17(25-16)26(2)12-24-15/h4-9,12H,3,10-11H2,1-2H3. The number of carbonyl (C=O) groups excluding carboxylic acids is 1. The van der Waals surface area contributed by atoms with Crippen LogP contribution in [0.15, 0.2) is 42.7 Å². The summed E-state index contributed by atoms with van der Waals surface area (Å²) in [7, 11) is 1.80. The van der Waals surface area contributed by atoms with E-state index in [1.807, 2.05) is 6.92 Å². The van der Waals surface area contributed by atoms with Gasteiger partial charge in [-0.1, -0.05) is 12.1 Å². The first-order valence-corrected chi connectivity index (χ1v) is 8.98. The number of likely N-dealkylation sites (tertiary alicyclic amines) is 1. The zero-order valence-electron chi connectivity index (χ0n) is 15.5. The molecule has 1 saturated heterocycles. The van der Waals surface area contributed by atoms with Gasteiger partial charge in [0, 0.05) is 13.6 Å². The maximum absolute atomic E-state index is 13.2. The Morgan fingerprint density at radius 3 is 2.54 bits per heavy atom. The Labute approximate surface area is 159 Å². The van der Waals surface area contributed by atoms with Gasteiger partial charge in [-0.15, -0.1) is 0 Å². The zero-order valence-corrected chi connectivity index (χ0v) is 15.5. The van der Waals surface area contributed by atoms with Crippen LogP contribution in [0.3, 0.4) is 0 Å². The highest BCUT2D eigenvalue weighted by atomic mass is 19.4. The van der Waals surface area contributed by atoms with Gasteiger partial charge >= 0.3 is 6.18 Å². The van der Waals surface area contributed by atoms with Crippen molar-refractivity contribution in [3.05, 3.63) is 59.5 Å². The fourth-order valence-corrected chi connectivity index (χ4v) is 3.87. The average Bonchev–Trinajstić information content (AvgIpc) is 3.24. The minimum absolute atomic E-state index is 0.233. The van der Waals surface area contributed by atoms with Crippen LogP contribution in [0.4, 0.5) is 13.2 Å². The topological polar surface area (TPSA) is 51.0 Å². The minimum Gasteiger partial charge on any atom is -0.328 e. The van der Waals surface area contributed by atoms with E-state index in [0.29, 0.717) is 35.4 Å². The number of imidazole rings is 1. The lowest BCUT2D eigenvalue weighted by atomic mass is 9.88. The van der Waals surface area contributed by atoms with Crippen LogP contribution in [-0.4, -0.2) is 31.9 Å². The Kier molecular flexibility index (Phi) is 4.17. The second kappa shape index (κ2) is 6.32. The first-order chi connectivity index (χ1) is 13.2. The van der Waals surface area contributed by atoms with Gasteiger partial charge in [-0.2, -0.15) is 13.2 Å². The van der Waals surface area contributed by atoms with Crippen LogP contribution >= 0.6 is 0 Å². The van der Waals surface area contributed by atoms with Gasteiger partial charge in [0.1, 0.15) is 11.2 Å². The lowest BCUT2D eigenvalue weighted by Gasteiger charge is -2.36. The van der Waals surface area contributed by atoms with Crippen molar-refractivity contribution in [1.29, 1.82) is 0 Å². The summed E-state index contributed by atoms with van der Waals surface area (Å²) >= 11 is 0. The normalized spacial score (nSPS) is 20.1. The highest BCUT2D eigenvalue weighted by Crippen LogP contribution is 2.40. The summed E-state index contributed by atoms with van der Waals surface area (Å²) < 4.78 is 40.4. The van der Waals surface area contributed by atoms with Crippen LogP contribution in [0.1, 0.15) is 41.4 Å². The van der Waals surface area contributed by atoms with Gasteiger partial charge in [0.15, 0.2) is 5.65 Å². The van der Waals surface area contributed by atoms with E-state index < -0.39 is 17.3 Å². The largest absolute Gasteiger partial charge is 0.416 e. The molecule has 28 heavy (non-hydrogen) atoms. The molecule has 1 fully saturated rings. The number of benzene rings is 1. The van der Waals surface area contributed by atoms with Crippen LogP contribution in [0.5, 0.6) is 0 Å². The molecule has 0 radical (unpaired) electrons. The SMILES string of the molecule is Cn1cnc2ccc(C(=O)N3CCCC3(C)c3ccc(C(F)(F)F)cc3)nc21. The monoisotopic (exact) mass is 388 g/mol. The van der Waals surface area contributed by atoms with Crippen LogP contribution < -0.4 is 0 Å². The smallest absolute Gasteiger partial charge is 0.328 e. The van der Waals surface area contributed by atoms with Crippen LogP contribution in [0.2, 0.25) is 0 Å². The molecule has 5 nitrogen and oxygen atoms in total. The molecule has 0 N–H and O–H groups in total. The molecule has 2 aromatic heterocycles. The molecular weight excluding hydrogens is 369 g/mol. The number of amides is 1.